The van der Waals surface area contributed by atoms with Gasteiger partial charge in [0.2, 0.25) is 0 Å². The van der Waals surface area contributed by atoms with E-state index in [1.54, 1.807) is 12.1 Å². The Bertz CT molecular complexity index is 599. The van der Waals surface area contributed by atoms with Crippen LogP contribution in [0.25, 0.3) is 0 Å². The van der Waals surface area contributed by atoms with Gasteiger partial charge in [-0.1, -0.05) is 0 Å². The minimum Gasteiger partial charge on any atom is -0.358 e. The van der Waals surface area contributed by atoms with Gasteiger partial charge in [-0.05, 0) is 22.6 Å². The quantitative estimate of drug-likeness (QED) is 0.579. The second-order valence-corrected chi connectivity index (χ2v) is 3.29. The van der Waals surface area contributed by atoms with E-state index in [0.29, 0.717) is 12.2 Å². The summed E-state index contributed by atoms with van der Waals surface area (Å²) in [7, 11) is 0. The summed E-state index contributed by atoms with van der Waals surface area (Å²) >= 11 is 0. The lowest BCUT2D eigenvalue weighted by Crippen LogP contribution is -2.02. The van der Waals surface area contributed by atoms with Crippen LogP contribution in [0.2, 0.25) is 0 Å². The van der Waals surface area contributed by atoms with Gasteiger partial charge in [-0.15, -0.1) is 0 Å². The molecular weight excluding hydrogens is 222 g/mol. The minimum atomic E-state index is -0.552. The van der Waals surface area contributed by atoms with Gasteiger partial charge in [0, 0.05) is 6.20 Å². The van der Waals surface area contributed by atoms with E-state index >= 15 is 0 Å². The van der Waals surface area contributed by atoms with Crippen LogP contribution in [0.3, 0.4) is 0 Å². The van der Waals surface area contributed by atoms with Gasteiger partial charge in [-0.25, -0.2) is 4.98 Å². The molecule has 2 aromatic rings. The van der Waals surface area contributed by atoms with Crippen molar-refractivity contribution in [2.45, 2.75) is 6.54 Å². The van der Waals surface area contributed by atoms with Crippen LogP contribution >= 0.6 is 0 Å². The SMILES string of the molecule is N#Cc1cc(Cn2ccc([N+](=O)[O-])n2)ccn1. The number of pyridine rings is 1. The lowest BCUT2D eigenvalue weighted by atomic mass is 10.2. The largest absolute Gasteiger partial charge is 0.389 e. The molecule has 0 aromatic carbocycles. The summed E-state index contributed by atoms with van der Waals surface area (Å²) in [6, 6.07) is 6.60. The van der Waals surface area contributed by atoms with Crippen molar-refractivity contribution in [2.24, 2.45) is 0 Å². The highest BCUT2D eigenvalue weighted by Gasteiger charge is 2.10. The first-order valence-corrected chi connectivity index (χ1v) is 4.72. The predicted octanol–water partition coefficient (Wildman–Crippen LogP) is 1.11. The molecule has 2 rings (SSSR count). The fraction of sp³-hybridized carbons (Fsp3) is 0.100. The van der Waals surface area contributed by atoms with Gasteiger partial charge in [0.1, 0.15) is 11.8 Å². The van der Waals surface area contributed by atoms with Crippen molar-refractivity contribution in [2.75, 3.05) is 0 Å². The number of hydrogen-bond donors (Lipinski definition) is 0. The number of aromatic nitrogens is 3. The fourth-order valence-electron chi connectivity index (χ4n) is 1.36. The average Bonchev–Trinajstić information content (AvgIpc) is 2.78. The summed E-state index contributed by atoms with van der Waals surface area (Å²) in [4.78, 5) is 13.7. The molecule has 0 aliphatic carbocycles. The molecule has 17 heavy (non-hydrogen) atoms. The zero-order chi connectivity index (χ0) is 12.3. The number of nitrogens with zero attached hydrogens (tertiary/aromatic N) is 5. The maximum absolute atomic E-state index is 10.4. The maximum atomic E-state index is 10.4. The zero-order valence-corrected chi connectivity index (χ0v) is 8.65. The van der Waals surface area contributed by atoms with Crippen LogP contribution in [-0.4, -0.2) is 19.7 Å². The van der Waals surface area contributed by atoms with Crippen LogP contribution in [0.5, 0.6) is 0 Å². The zero-order valence-electron chi connectivity index (χ0n) is 8.65. The number of rotatable bonds is 3. The van der Waals surface area contributed by atoms with E-state index in [1.165, 1.54) is 23.1 Å². The smallest absolute Gasteiger partial charge is 0.358 e. The molecule has 0 N–H and O–H groups in total. The Morgan fingerprint density at radius 1 is 1.53 bits per heavy atom. The topological polar surface area (TPSA) is 97.6 Å². The predicted molar refractivity (Wildman–Crippen MR) is 56.9 cm³/mol. The number of nitro groups is 1. The Balaban J connectivity index is 2.19. The average molecular weight is 229 g/mol. The fourth-order valence-corrected chi connectivity index (χ4v) is 1.36. The van der Waals surface area contributed by atoms with Crippen molar-refractivity contribution in [3.63, 3.8) is 0 Å². The number of hydrogen-bond acceptors (Lipinski definition) is 5. The van der Waals surface area contributed by atoms with E-state index in [-0.39, 0.29) is 5.82 Å². The van der Waals surface area contributed by atoms with Crippen LogP contribution in [0.4, 0.5) is 5.82 Å². The van der Waals surface area contributed by atoms with E-state index in [4.69, 9.17) is 5.26 Å². The second kappa shape index (κ2) is 4.40. The van der Waals surface area contributed by atoms with Gasteiger partial charge in [0.25, 0.3) is 0 Å². The summed E-state index contributed by atoms with van der Waals surface area (Å²) in [6.45, 7) is 0.366. The highest BCUT2D eigenvalue weighted by molar-refractivity contribution is 5.25. The molecule has 0 aliphatic rings. The van der Waals surface area contributed by atoms with Crippen molar-refractivity contribution in [3.8, 4) is 6.07 Å². The van der Waals surface area contributed by atoms with Gasteiger partial charge in [-0.3, -0.25) is 0 Å². The van der Waals surface area contributed by atoms with E-state index in [0.717, 1.165) is 5.56 Å². The van der Waals surface area contributed by atoms with Crippen LogP contribution in [0.1, 0.15) is 11.3 Å². The Labute approximate surface area is 96.1 Å². The summed E-state index contributed by atoms with van der Waals surface area (Å²) in [6.07, 6.45) is 3.04. The van der Waals surface area contributed by atoms with E-state index in [9.17, 15) is 10.1 Å². The third-order valence-electron chi connectivity index (χ3n) is 2.10. The molecule has 0 spiro atoms. The molecule has 0 saturated carbocycles. The maximum Gasteiger partial charge on any atom is 0.389 e. The summed E-state index contributed by atoms with van der Waals surface area (Å²) in [5, 5.41) is 22.9. The number of nitriles is 1. The first kappa shape index (κ1) is 10.8. The molecule has 7 heteroatoms. The molecule has 0 fully saturated rings. The molecule has 0 atom stereocenters. The molecule has 7 nitrogen and oxygen atoms in total. The van der Waals surface area contributed by atoms with Crippen molar-refractivity contribution in [1.82, 2.24) is 14.8 Å². The van der Waals surface area contributed by atoms with Crippen LogP contribution in [0, 0.1) is 21.4 Å². The Morgan fingerprint density at radius 3 is 3.00 bits per heavy atom. The molecule has 0 radical (unpaired) electrons. The molecule has 2 aromatic heterocycles. The molecule has 0 bridgehead atoms. The normalized spacial score (nSPS) is 9.82. The third-order valence-corrected chi connectivity index (χ3v) is 2.10. The first-order chi connectivity index (χ1) is 8.19. The minimum absolute atomic E-state index is 0.195. The second-order valence-electron chi connectivity index (χ2n) is 3.29. The Kier molecular flexibility index (Phi) is 2.79. The Morgan fingerprint density at radius 2 is 2.35 bits per heavy atom. The molecular formula is C10H7N5O2. The van der Waals surface area contributed by atoms with Crippen molar-refractivity contribution < 1.29 is 4.92 Å². The molecule has 0 saturated heterocycles. The van der Waals surface area contributed by atoms with Crippen molar-refractivity contribution >= 4 is 5.82 Å². The highest BCUT2D eigenvalue weighted by Crippen LogP contribution is 2.08. The summed E-state index contributed by atoms with van der Waals surface area (Å²) < 4.78 is 1.44. The van der Waals surface area contributed by atoms with E-state index in [1.807, 2.05) is 6.07 Å². The lowest BCUT2D eigenvalue weighted by Gasteiger charge is -1.97. The first-order valence-electron chi connectivity index (χ1n) is 4.72. The van der Waals surface area contributed by atoms with Gasteiger partial charge < -0.3 is 10.1 Å². The molecule has 0 unspecified atom stereocenters. The van der Waals surface area contributed by atoms with Crippen LogP contribution in [-0.2, 0) is 6.54 Å². The van der Waals surface area contributed by atoms with Crippen LogP contribution < -0.4 is 0 Å². The third kappa shape index (κ3) is 2.43. The lowest BCUT2D eigenvalue weighted by molar-refractivity contribution is -0.389. The molecule has 2 heterocycles. The van der Waals surface area contributed by atoms with Gasteiger partial charge in [0.15, 0.2) is 0 Å². The van der Waals surface area contributed by atoms with Crippen molar-refractivity contribution in [3.05, 3.63) is 52.0 Å². The molecule has 84 valence electrons. The monoisotopic (exact) mass is 229 g/mol. The van der Waals surface area contributed by atoms with Gasteiger partial charge >= 0.3 is 5.82 Å². The summed E-state index contributed by atoms with van der Waals surface area (Å²) in [5.41, 5.74) is 1.12. The molecule has 0 aliphatic heterocycles. The van der Waals surface area contributed by atoms with Crippen LogP contribution in [0.15, 0.2) is 30.6 Å². The Hall–Kier alpha value is -2.75. The highest BCUT2D eigenvalue weighted by atomic mass is 16.6. The van der Waals surface area contributed by atoms with Gasteiger partial charge in [-0.2, -0.15) is 9.94 Å². The van der Waals surface area contributed by atoms with Crippen molar-refractivity contribution in [1.29, 1.82) is 5.26 Å². The van der Waals surface area contributed by atoms with Gasteiger partial charge in [0.05, 0.1) is 23.9 Å². The molecule has 0 amide bonds. The summed E-state index contributed by atoms with van der Waals surface area (Å²) in [5.74, 6) is -0.195. The van der Waals surface area contributed by atoms with E-state index in [2.05, 4.69) is 10.1 Å². The van der Waals surface area contributed by atoms with E-state index < -0.39 is 4.92 Å². The standard InChI is InChI=1S/C10H7N5O2/c11-6-9-5-8(1-3-12-9)7-14-4-2-10(13-14)15(16)17/h1-5H,7H2.